The normalized spacial score (nSPS) is 10.8. The first kappa shape index (κ1) is 19.5. The van der Waals surface area contributed by atoms with E-state index in [-0.39, 0.29) is 11.7 Å². The fourth-order valence-corrected chi connectivity index (χ4v) is 3.59. The van der Waals surface area contributed by atoms with Crippen LogP contribution >= 0.6 is 23.4 Å². The monoisotopic (exact) mass is 400 g/mol. The van der Waals surface area contributed by atoms with Crippen LogP contribution in [0.3, 0.4) is 0 Å². The fraction of sp³-hybridized carbons (Fsp3) is 0.250. The van der Waals surface area contributed by atoms with E-state index in [1.54, 1.807) is 6.07 Å². The third-order valence-corrected chi connectivity index (χ3v) is 5.52. The number of benzene rings is 2. The molecular formula is C20H21ClN4OS. The van der Waals surface area contributed by atoms with Crippen LogP contribution < -0.4 is 5.32 Å². The largest absolute Gasteiger partial charge is 0.325 e. The smallest absolute Gasteiger partial charge is 0.234 e. The molecule has 3 aromatic rings. The number of nitrogens with one attached hydrogen (secondary N) is 1. The van der Waals surface area contributed by atoms with Crippen molar-refractivity contribution in [1.29, 1.82) is 0 Å². The van der Waals surface area contributed by atoms with Crippen LogP contribution in [0, 0.1) is 13.8 Å². The van der Waals surface area contributed by atoms with Crippen molar-refractivity contribution in [3.8, 4) is 5.69 Å². The van der Waals surface area contributed by atoms with Crippen LogP contribution in [0.2, 0.25) is 5.02 Å². The van der Waals surface area contributed by atoms with Crippen molar-refractivity contribution in [1.82, 2.24) is 14.8 Å². The van der Waals surface area contributed by atoms with Crippen molar-refractivity contribution in [2.24, 2.45) is 0 Å². The minimum absolute atomic E-state index is 0.117. The Labute approximate surface area is 168 Å². The zero-order valence-corrected chi connectivity index (χ0v) is 17.1. The van der Waals surface area contributed by atoms with E-state index in [0.29, 0.717) is 15.9 Å². The topological polar surface area (TPSA) is 59.8 Å². The highest BCUT2D eigenvalue weighted by atomic mass is 35.5. The second kappa shape index (κ2) is 8.59. The Bertz CT molecular complexity index is 953. The maximum atomic E-state index is 12.3. The molecule has 1 heterocycles. The van der Waals surface area contributed by atoms with Crippen LogP contribution in [-0.2, 0) is 11.2 Å². The van der Waals surface area contributed by atoms with E-state index in [2.05, 4.69) is 34.6 Å². The Hall–Kier alpha value is -2.31. The molecule has 1 amide bonds. The zero-order valence-electron chi connectivity index (χ0n) is 15.5. The number of hydrogen-bond donors (Lipinski definition) is 1. The highest BCUT2D eigenvalue weighted by molar-refractivity contribution is 7.99. The first-order valence-corrected chi connectivity index (χ1v) is 10.0. The predicted molar refractivity (Wildman–Crippen MR) is 111 cm³/mol. The highest BCUT2D eigenvalue weighted by Crippen LogP contribution is 2.23. The van der Waals surface area contributed by atoms with Gasteiger partial charge in [0.2, 0.25) is 5.91 Å². The summed E-state index contributed by atoms with van der Waals surface area (Å²) in [6.07, 6.45) is 0.992. The molecule has 0 saturated heterocycles. The van der Waals surface area contributed by atoms with E-state index in [1.165, 1.54) is 17.3 Å². The number of nitrogens with zero attached hydrogens (tertiary/aromatic N) is 3. The van der Waals surface area contributed by atoms with Gasteiger partial charge in [0.25, 0.3) is 0 Å². The first-order chi connectivity index (χ1) is 13.0. The lowest BCUT2D eigenvalue weighted by atomic mass is 10.1. The molecule has 0 aliphatic heterocycles. The van der Waals surface area contributed by atoms with Gasteiger partial charge in [0.15, 0.2) is 5.16 Å². The van der Waals surface area contributed by atoms with Gasteiger partial charge in [-0.25, -0.2) is 0 Å². The second-order valence-corrected chi connectivity index (χ2v) is 7.54. The number of aryl methyl sites for hydroxylation is 3. The number of amides is 1. The molecule has 27 heavy (non-hydrogen) atoms. The summed E-state index contributed by atoms with van der Waals surface area (Å²) in [4.78, 5) is 12.3. The van der Waals surface area contributed by atoms with E-state index < -0.39 is 0 Å². The number of carbonyl (C=O) groups is 1. The van der Waals surface area contributed by atoms with Crippen LogP contribution in [-0.4, -0.2) is 26.4 Å². The molecular weight excluding hydrogens is 380 g/mol. The first-order valence-electron chi connectivity index (χ1n) is 8.68. The molecule has 140 valence electrons. The van der Waals surface area contributed by atoms with Crippen LogP contribution in [0.1, 0.15) is 23.9 Å². The lowest BCUT2D eigenvalue weighted by Crippen LogP contribution is -2.14. The molecule has 0 atom stereocenters. The number of halogens is 1. The number of hydrogen-bond acceptors (Lipinski definition) is 4. The molecule has 0 bridgehead atoms. The lowest BCUT2D eigenvalue weighted by molar-refractivity contribution is -0.113. The summed E-state index contributed by atoms with van der Waals surface area (Å²) in [5.74, 6) is 0.900. The number of anilines is 1. The van der Waals surface area contributed by atoms with Crippen molar-refractivity contribution in [3.05, 3.63) is 64.4 Å². The summed E-state index contributed by atoms with van der Waals surface area (Å²) in [6, 6.07) is 13.8. The summed E-state index contributed by atoms with van der Waals surface area (Å²) in [7, 11) is 0. The summed E-state index contributed by atoms with van der Waals surface area (Å²) < 4.78 is 1.96. The van der Waals surface area contributed by atoms with Crippen LogP contribution in [0.5, 0.6) is 0 Å². The number of carbonyl (C=O) groups excluding carboxylic acids is 1. The molecule has 0 radical (unpaired) electrons. The standard InChI is InChI=1S/C20H21ClN4OS/c1-4-15-6-9-17(10-7-15)25-14(3)23-24-20(25)27-12-19(26)22-16-8-5-13(2)18(21)11-16/h5-11H,4,12H2,1-3H3,(H,22,26). The third kappa shape index (κ3) is 4.70. The van der Waals surface area contributed by atoms with E-state index in [1.807, 2.05) is 42.7 Å². The van der Waals surface area contributed by atoms with Crippen LogP contribution in [0.4, 0.5) is 5.69 Å². The Morgan fingerprint density at radius 2 is 1.89 bits per heavy atom. The predicted octanol–water partition coefficient (Wildman–Crippen LogP) is 4.83. The molecule has 7 heteroatoms. The van der Waals surface area contributed by atoms with Gasteiger partial charge in [0.1, 0.15) is 5.82 Å². The van der Waals surface area contributed by atoms with Gasteiger partial charge in [-0.05, 0) is 55.7 Å². The third-order valence-electron chi connectivity index (χ3n) is 4.19. The van der Waals surface area contributed by atoms with Crippen molar-refractivity contribution in [2.45, 2.75) is 32.3 Å². The molecule has 1 aromatic heterocycles. The average Bonchev–Trinajstić information content (AvgIpc) is 3.03. The minimum Gasteiger partial charge on any atom is -0.325 e. The van der Waals surface area contributed by atoms with E-state index >= 15 is 0 Å². The highest BCUT2D eigenvalue weighted by Gasteiger charge is 2.13. The Balaban J connectivity index is 1.69. The number of thioether (sulfide) groups is 1. The van der Waals surface area contributed by atoms with Crippen LogP contribution in [0.15, 0.2) is 47.6 Å². The summed E-state index contributed by atoms with van der Waals surface area (Å²) >= 11 is 7.46. The fourth-order valence-electron chi connectivity index (χ4n) is 2.61. The van der Waals surface area contributed by atoms with E-state index in [9.17, 15) is 4.79 Å². The molecule has 0 aliphatic carbocycles. The molecule has 0 fully saturated rings. The molecule has 5 nitrogen and oxygen atoms in total. The van der Waals surface area contributed by atoms with Gasteiger partial charge in [-0.2, -0.15) is 0 Å². The molecule has 2 aromatic carbocycles. The van der Waals surface area contributed by atoms with Crippen molar-refractivity contribution in [2.75, 3.05) is 11.1 Å². The van der Waals surface area contributed by atoms with Gasteiger partial charge in [-0.15, -0.1) is 10.2 Å². The quantitative estimate of drug-likeness (QED) is 0.602. The SMILES string of the molecule is CCc1ccc(-n2c(C)nnc2SCC(=O)Nc2ccc(C)c(Cl)c2)cc1. The zero-order chi connectivity index (χ0) is 19.4. The maximum Gasteiger partial charge on any atom is 0.234 e. The Kier molecular flexibility index (Phi) is 6.19. The molecule has 0 saturated carbocycles. The van der Waals surface area contributed by atoms with Gasteiger partial charge in [0.05, 0.1) is 5.75 Å². The van der Waals surface area contributed by atoms with Crippen LogP contribution in [0.25, 0.3) is 5.69 Å². The number of rotatable bonds is 6. The second-order valence-electron chi connectivity index (χ2n) is 6.19. The van der Waals surface area contributed by atoms with Gasteiger partial charge in [-0.1, -0.05) is 48.5 Å². The Morgan fingerprint density at radius 1 is 1.15 bits per heavy atom. The molecule has 0 spiro atoms. The summed E-state index contributed by atoms with van der Waals surface area (Å²) in [6.45, 7) is 5.95. The lowest BCUT2D eigenvalue weighted by Gasteiger charge is -2.10. The van der Waals surface area contributed by atoms with Crippen molar-refractivity contribution in [3.63, 3.8) is 0 Å². The average molecular weight is 401 g/mol. The van der Waals surface area contributed by atoms with Crippen molar-refractivity contribution < 1.29 is 4.79 Å². The molecule has 3 rings (SSSR count). The number of aromatic nitrogens is 3. The summed E-state index contributed by atoms with van der Waals surface area (Å²) in [5, 5.41) is 12.6. The van der Waals surface area contributed by atoms with Gasteiger partial charge in [0, 0.05) is 16.4 Å². The minimum atomic E-state index is -0.117. The molecule has 0 aliphatic rings. The summed E-state index contributed by atoms with van der Waals surface area (Å²) in [5.41, 5.74) is 3.92. The van der Waals surface area contributed by atoms with E-state index in [4.69, 9.17) is 11.6 Å². The van der Waals surface area contributed by atoms with Gasteiger partial charge < -0.3 is 5.32 Å². The van der Waals surface area contributed by atoms with Gasteiger partial charge >= 0.3 is 0 Å². The van der Waals surface area contributed by atoms with E-state index in [0.717, 1.165) is 23.5 Å². The maximum absolute atomic E-state index is 12.3. The Morgan fingerprint density at radius 3 is 2.56 bits per heavy atom. The molecule has 1 N–H and O–H groups in total. The van der Waals surface area contributed by atoms with Gasteiger partial charge in [-0.3, -0.25) is 9.36 Å². The van der Waals surface area contributed by atoms with Crippen molar-refractivity contribution >= 4 is 35.0 Å². The molecule has 0 unspecified atom stereocenters.